The van der Waals surface area contributed by atoms with Gasteiger partial charge in [0.25, 0.3) is 5.91 Å². The summed E-state index contributed by atoms with van der Waals surface area (Å²) in [6.45, 7) is 0.848. The molecule has 0 radical (unpaired) electrons. The van der Waals surface area contributed by atoms with Gasteiger partial charge in [0.05, 0.1) is 11.4 Å². The minimum absolute atomic E-state index is 0.0490. The highest BCUT2D eigenvalue weighted by Gasteiger charge is 2.21. The molecule has 0 unspecified atom stereocenters. The van der Waals surface area contributed by atoms with E-state index < -0.39 is 0 Å². The van der Waals surface area contributed by atoms with Crippen LogP contribution in [-0.2, 0) is 11.2 Å². The van der Waals surface area contributed by atoms with Gasteiger partial charge in [-0.3, -0.25) is 9.59 Å². The molecular weight excluding hydrogens is 332 g/mol. The van der Waals surface area contributed by atoms with Gasteiger partial charge in [-0.2, -0.15) is 0 Å². The first kappa shape index (κ1) is 14.8. The van der Waals surface area contributed by atoms with Crippen molar-refractivity contribution in [1.29, 1.82) is 0 Å². The number of carbonyl (C=O) groups is 2. The predicted octanol–water partition coefficient (Wildman–Crippen LogP) is 2.86. The molecule has 2 aliphatic heterocycles. The molecule has 0 bridgehead atoms. The number of rotatable bonds is 2. The second kappa shape index (κ2) is 5.72. The molecule has 0 aromatic heterocycles. The Hall–Kier alpha value is -2.73. The topological polar surface area (TPSA) is 76.7 Å². The highest BCUT2D eigenvalue weighted by Crippen LogP contribution is 2.38. The summed E-state index contributed by atoms with van der Waals surface area (Å²) >= 11 is 6.16. The van der Waals surface area contributed by atoms with E-state index in [2.05, 4.69) is 10.6 Å². The summed E-state index contributed by atoms with van der Waals surface area (Å²) in [7, 11) is 0. The van der Waals surface area contributed by atoms with Crippen LogP contribution in [0.25, 0.3) is 0 Å². The molecule has 2 heterocycles. The molecule has 0 spiro atoms. The van der Waals surface area contributed by atoms with Gasteiger partial charge in [0.2, 0.25) is 5.91 Å². The average molecular weight is 345 g/mol. The van der Waals surface area contributed by atoms with Crippen LogP contribution in [0.4, 0.5) is 11.4 Å². The maximum Gasteiger partial charge on any atom is 0.255 e. The van der Waals surface area contributed by atoms with Crippen LogP contribution in [0.5, 0.6) is 11.5 Å². The van der Waals surface area contributed by atoms with Gasteiger partial charge in [0, 0.05) is 16.9 Å². The van der Waals surface area contributed by atoms with Crippen LogP contribution in [0.3, 0.4) is 0 Å². The molecule has 0 saturated carbocycles. The third-order valence-electron chi connectivity index (χ3n) is 3.85. The Balaban J connectivity index is 1.58. The summed E-state index contributed by atoms with van der Waals surface area (Å²) in [4.78, 5) is 23.9. The quantitative estimate of drug-likeness (QED) is 0.878. The monoisotopic (exact) mass is 344 g/mol. The van der Waals surface area contributed by atoms with E-state index in [0.717, 1.165) is 11.3 Å². The summed E-state index contributed by atoms with van der Waals surface area (Å²) < 4.78 is 10.9. The third kappa shape index (κ3) is 2.65. The molecule has 0 atom stereocenters. The van der Waals surface area contributed by atoms with E-state index in [1.54, 1.807) is 30.3 Å². The minimum atomic E-state index is -0.314. The van der Waals surface area contributed by atoms with Crippen molar-refractivity contribution in [3.8, 4) is 11.5 Å². The number of hydrogen-bond donors (Lipinski definition) is 2. The molecule has 122 valence electrons. The van der Waals surface area contributed by atoms with Gasteiger partial charge in [-0.25, -0.2) is 0 Å². The Morgan fingerprint density at radius 2 is 2.00 bits per heavy atom. The van der Waals surface area contributed by atoms with E-state index >= 15 is 0 Å². The van der Waals surface area contributed by atoms with E-state index in [-0.39, 0.29) is 11.8 Å². The maximum absolute atomic E-state index is 12.5. The fraction of sp³-hybridized carbons (Fsp3) is 0.176. The number of carbonyl (C=O) groups excluding carboxylic acids is 2. The lowest BCUT2D eigenvalue weighted by Gasteiger charge is -2.20. The van der Waals surface area contributed by atoms with E-state index in [4.69, 9.17) is 21.1 Å². The fourth-order valence-corrected chi connectivity index (χ4v) is 3.02. The Kier molecular flexibility index (Phi) is 3.54. The first-order valence-corrected chi connectivity index (χ1v) is 7.81. The zero-order valence-electron chi connectivity index (χ0n) is 12.5. The van der Waals surface area contributed by atoms with Crippen LogP contribution in [0.2, 0.25) is 5.02 Å². The van der Waals surface area contributed by atoms with Crippen molar-refractivity contribution in [2.75, 3.05) is 23.8 Å². The Morgan fingerprint density at radius 1 is 1.17 bits per heavy atom. The van der Waals surface area contributed by atoms with Crippen LogP contribution >= 0.6 is 11.6 Å². The molecule has 2 amide bonds. The first-order chi connectivity index (χ1) is 11.6. The molecule has 0 aliphatic carbocycles. The second-order valence-corrected chi connectivity index (χ2v) is 5.94. The van der Waals surface area contributed by atoms with Crippen molar-refractivity contribution in [1.82, 2.24) is 0 Å². The highest BCUT2D eigenvalue weighted by atomic mass is 35.5. The van der Waals surface area contributed by atoms with Gasteiger partial charge in [0.1, 0.15) is 13.2 Å². The van der Waals surface area contributed by atoms with Crippen molar-refractivity contribution in [2.24, 2.45) is 0 Å². The number of ether oxygens (including phenoxy) is 2. The molecule has 0 fully saturated rings. The SMILES string of the molecule is O=C1Cc2cc(NC(=O)c3cc(Cl)c4c(c3)OCCO4)ccc2N1. The number of halogens is 1. The average Bonchev–Trinajstić information content (AvgIpc) is 2.94. The molecule has 2 aromatic carbocycles. The Bertz CT molecular complexity index is 866. The van der Waals surface area contributed by atoms with Crippen LogP contribution in [0.15, 0.2) is 30.3 Å². The van der Waals surface area contributed by atoms with Gasteiger partial charge in [-0.05, 0) is 35.9 Å². The number of nitrogens with one attached hydrogen (secondary N) is 2. The summed E-state index contributed by atoms with van der Waals surface area (Å²) in [5, 5.41) is 5.89. The predicted molar refractivity (Wildman–Crippen MR) is 89.2 cm³/mol. The molecule has 0 saturated heterocycles. The van der Waals surface area contributed by atoms with Crippen LogP contribution in [0.1, 0.15) is 15.9 Å². The Morgan fingerprint density at radius 3 is 2.88 bits per heavy atom. The van der Waals surface area contributed by atoms with E-state index in [1.807, 2.05) is 0 Å². The van der Waals surface area contributed by atoms with Crippen molar-refractivity contribution in [2.45, 2.75) is 6.42 Å². The van der Waals surface area contributed by atoms with Gasteiger partial charge in [-0.1, -0.05) is 11.6 Å². The van der Waals surface area contributed by atoms with Gasteiger partial charge in [-0.15, -0.1) is 0 Å². The van der Waals surface area contributed by atoms with Crippen molar-refractivity contribution >= 4 is 34.8 Å². The lowest BCUT2D eigenvalue weighted by Crippen LogP contribution is -2.17. The minimum Gasteiger partial charge on any atom is -0.486 e. The molecule has 7 heteroatoms. The van der Waals surface area contributed by atoms with E-state index in [0.29, 0.717) is 47.4 Å². The van der Waals surface area contributed by atoms with Crippen molar-refractivity contribution < 1.29 is 19.1 Å². The van der Waals surface area contributed by atoms with E-state index in [1.165, 1.54) is 0 Å². The smallest absolute Gasteiger partial charge is 0.255 e. The van der Waals surface area contributed by atoms with Gasteiger partial charge >= 0.3 is 0 Å². The standard InChI is InChI=1S/C17H13ClN2O4/c18-12-6-10(7-14-16(12)24-4-3-23-14)17(22)19-11-1-2-13-9(5-11)8-15(21)20-13/h1-2,5-7H,3-4,8H2,(H,19,22)(H,20,21). The van der Waals surface area contributed by atoms with Crippen molar-refractivity contribution in [3.05, 3.63) is 46.5 Å². The highest BCUT2D eigenvalue weighted by molar-refractivity contribution is 6.32. The fourth-order valence-electron chi connectivity index (χ4n) is 2.75. The maximum atomic E-state index is 12.5. The van der Waals surface area contributed by atoms with Crippen LogP contribution in [-0.4, -0.2) is 25.0 Å². The largest absolute Gasteiger partial charge is 0.486 e. The third-order valence-corrected chi connectivity index (χ3v) is 4.13. The molecule has 2 aliphatic rings. The molecular formula is C17H13ClN2O4. The number of hydrogen-bond acceptors (Lipinski definition) is 4. The van der Waals surface area contributed by atoms with Crippen LogP contribution < -0.4 is 20.1 Å². The lowest BCUT2D eigenvalue weighted by molar-refractivity contribution is -0.115. The lowest BCUT2D eigenvalue weighted by atomic mass is 10.1. The summed E-state index contributed by atoms with van der Waals surface area (Å²) in [5.74, 6) is 0.558. The molecule has 24 heavy (non-hydrogen) atoms. The number of anilines is 2. The molecule has 2 aromatic rings. The zero-order chi connectivity index (χ0) is 16.7. The van der Waals surface area contributed by atoms with Crippen LogP contribution in [0, 0.1) is 0 Å². The van der Waals surface area contributed by atoms with E-state index in [9.17, 15) is 9.59 Å². The number of benzene rings is 2. The molecule has 2 N–H and O–H groups in total. The zero-order valence-corrected chi connectivity index (χ0v) is 13.3. The first-order valence-electron chi connectivity index (χ1n) is 7.43. The summed E-state index contributed by atoms with van der Waals surface area (Å²) in [6.07, 6.45) is 0.314. The van der Waals surface area contributed by atoms with Crippen molar-refractivity contribution in [3.63, 3.8) is 0 Å². The molecule has 4 rings (SSSR count). The number of fused-ring (bicyclic) bond motifs is 2. The number of amides is 2. The Labute approximate surface area is 142 Å². The molecule has 6 nitrogen and oxygen atoms in total. The van der Waals surface area contributed by atoms with Gasteiger partial charge < -0.3 is 20.1 Å². The summed E-state index contributed by atoms with van der Waals surface area (Å²) in [6, 6.07) is 8.44. The summed E-state index contributed by atoms with van der Waals surface area (Å²) in [5.41, 5.74) is 2.62. The second-order valence-electron chi connectivity index (χ2n) is 5.53. The normalized spacial score (nSPS) is 14.8. The van der Waals surface area contributed by atoms with Gasteiger partial charge in [0.15, 0.2) is 11.5 Å².